The van der Waals surface area contributed by atoms with Gasteiger partial charge in [0.1, 0.15) is 5.78 Å². The molecule has 2 N–H and O–H groups in total. The van der Waals surface area contributed by atoms with Crippen LogP contribution in [0, 0.1) is 0 Å². The van der Waals surface area contributed by atoms with Crippen molar-refractivity contribution in [1.29, 1.82) is 0 Å². The van der Waals surface area contributed by atoms with Crippen LogP contribution in [0.3, 0.4) is 0 Å². The summed E-state index contributed by atoms with van der Waals surface area (Å²) in [4.78, 5) is 11.4. The summed E-state index contributed by atoms with van der Waals surface area (Å²) in [6.45, 7) is 0.727. The smallest absolute Gasteiger partial charge is 0.330 e. The van der Waals surface area contributed by atoms with Gasteiger partial charge >= 0.3 is 17.1 Å². The Morgan fingerprint density at radius 2 is 1.63 bits per heavy atom. The second-order valence-electron chi connectivity index (χ2n) is 4.16. The molecule has 0 aliphatic rings. The molecule has 104 valence electrons. The summed E-state index contributed by atoms with van der Waals surface area (Å²) in [6, 6.07) is 17.5. The largest absolute Gasteiger partial charge is 2.00 e. The molecule has 0 radical (unpaired) electrons. The van der Waals surface area contributed by atoms with Gasteiger partial charge < -0.3 is 10.5 Å². The quantitative estimate of drug-likeness (QED) is 0.384. The van der Waals surface area contributed by atoms with Gasteiger partial charge in [-0.3, -0.25) is 0 Å². The Kier molecular flexibility index (Phi) is 11.2. The summed E-state index contributed by atoms with van der Waals surface area (Å²) in [5.41, 5.74) is 6.20. The van der Waals surface area contributed by atoms with Crippen LogP contribution in [0.2, 0.25) is 0 Å². The van der Waals surface area contributed by atoms with Crippen molar-refractivity contribution in [1.82, 2.24) is 0 Å². The van der Waals surface area contributed by atoms with Gasteiger partial charge in [0.25, 0.3) is 0 Å². The second kappa shape index (κ2) is 11.9. The molecule has 0 atom stereocenters. The van der Waals surface area contributed by atoms with Crippen molar-refractivity contribution in [3.63, 3.8) is 0 Å². The Bertz CT molecular complexity index is 375. The number of ketones is 1. The fraction of sp³-hybridized carbons (Fsp3) is 0.312. The molecule has 2 nitrogen and oxygen atoms in total. The van der Waals surface area contributed by atoms with Crippen LogP contribution in [-0.2, 0) is 17.1 Å². The number of carbonyl (C=O) groups is 1. The van der Waals surface area contributed by atoms with Crippen LogP contribution in [0.4, 0.5) is 0 Å². The SMILES string of the molecule is NCCCCCC(=O)[c-]1cccc1.[Fe+2].c1cc[cH-]c1. The van der Waals surface area contributed by atoms with Crippen molar-refractivity contribution in [3.05, 3.63) is 60.2 Å². The van der Waals surface area contributed by atoms with Gasteiger partial charge in [-0.05, 0) is 25.8 Å². The molecule has 0 bridgehead atoms. The van der Waals surface area contributed by atoms with E-state index in [1.807, 2.05) is 54.6 Å². The number of carbonyl (C=O) groups excluding carboxylic acids is 1. The third kappa shape index (κ3) is 8.55. The second-order valence-corrected chi connectivity index (χ2v) is 4.16. The van der Waals surface area contributed by atoms with E-state index in [9.17, 15) is 4.79 Å². The molecule has 2 aromatic rings. The van der Waals surface area contributed by atoms with Crippen LogP contribution in [0.25, 0.3) is 0 Å². The van der Waals surface area contributed by atoms with E-state index in [0.717, 1.165) is 31.4 Å². The maximum atomic E-state index is 11.4. The van der Waals surface area contributed by atoms with E-state index >= 15 is 0 Å². The minimum absolute atomic E-state index is 0. The van der Waals surface area contributed by atoms with Crippen LogP contribution in [-0.4, -0.2) is 12.3 Å². The Labute approximate surface area is 126 Å². The fourth-order valence-corrected chi connectivity index (χ4v) is 1.63. The van der Waals surface area contributed by atoms with Crippen molar-refractivity contribution in [2.45, 2.75) is 25.7 Å². The molecule has 0 unspecified atom stereocenters. The predicted octanol–water partition coefficient (Wildman–Crippen LogP) is 3.51. The maximum absolute atomic E-state index is 11.4. The van der Waals surface area contributed by atoms with Crippen LogP contribution in [0.15, 0.2) is 54.6 Å². The van der Waals surface area contributed by atoms with E-state index in [2.05, 4.69) is 0 Å². The normalized spacial score (nSPS) is 9.11. The summed E-state index contributed by atoms with van der Waals surface area (Å²) >= 11 is 0. The van der Waals surface area contributed by atoms with Gasteiger partial charge in [0, 0.05) is 0 Å². The van der Waals surface area contributed by atoms with Crippen molar-refractivity contribution < 1.29 is 21.9 Å². The molecule has 2 rings (SSSR count). The van der Waals surface area contributed by atoms with Crippen molar-refractivity contribution >= 4 is 5.78 Å². The van der Waals surface area contributed by atoms with Gasteiger partial charge in [0.15, 0.2) is 0 Å². The molecule has 0 fully saturated rings. The number of hydrogen-bond acceptors (Lipinski definition) is 2. The molecule has 0 amide bonds. The zero-order valence-corrected chi connectivity index (χ0v) is 12.2. The van der Waals surface area contributed by atoms with Crippen molar-refractivity contribution in [3.8, 4) is 0 Å². The molecule has 0 saturated heterocycles. The summed E-state index contributed by atoms with van der Waals surface area (Å²) in [6.07, 6.45) is 3.70. The number of nitrogens with two attached hydrogens (primary N) is 1. The van der Waals surface area contributed by atoms with Gasteiger partial charge in [-0.2, -0.15) is 30.3 Å². The van der Waals surface area contributed by atoms with E-state index in [1.165, 1.54) is 0 Å². The summed E-state index contributed by atoms with van der Waals surface area (Å²) in [5, 5.41) is 0. The van der Waals surface area contributed by atoms with E-state index in [-0.39, 0.29) is 22.9 Å². The van der Waals surface area contributed by atoms with Gasteiger partial charge in [0.2, 0.25) is 0 Å². The molecule has 2 aromatic carbocycles. The third-order valence-electron chi connectivity index (χ3n) is 2.65. The van der Waals surface area contributed by atoms with Crippen LogP contribution in [0.5, 0.6) is 0 Å². The number of hydrogen-bond donors (Lipinski definition) is 1. The first kappa shape index (κ1) is 17.8. The molecule has 0 aliphatic carbocycles. The molecule has 0 spiro atoms. The van der Waals surface area contributed by atoms with Crippen molar-refractivity contribution in [2.75, 3.05) is 6.54 Å². The minimum Gasteiger partial charge on any atom is -0.330 e. The Morgan fingerprint density at radius 3 is 2.11 bits per heavy atom. The molecule has 0 heterocycles. The Morgan fingerprint density at radius 1 is 1.00 bits per heavy atom. The number of unbranched alkanes of at least 4 members (excludes halogenated alkanes) is 2. The summed E-state index contributed by atoms with van der Waals surface area (Å²) in [5.74, 6) is 0.252. The van der Waals surface area contributed by atoms with Crippen LogP contribution < -0.4 is 5.73 Å². The molecule has 3 heteroatoms. The number of Topliss-reactive ketones (excluding diaryl/α,β-unsaturated/α-hetero) is 1. The van der Waals surface area contributed by atoms with Crippen LogP contribution >= 0.6 is 0 Å². The zero-order chi connectivity index (χ0) is 13.1. The summed E-state index contributed by atoms with van der Waals surface area (Å²) < 4.78 is 0. The average molecular weight is 299 g/mol. The molecule has 0 saturated carbocycles. The zero-order valence-electron chi connectivity index (χ0n) is 11.1. The third-order valence-corrected chi connectivity index (χ3v) is 2.65. The van der Waals surface area contributed by atoms with E-state index < -0.39 is 0 Å². The maximum Gasteiger partial charge on any atom is 2.00 e. The minimum atomic E-state index is 0. The standard InChI is InChI=1S/C11H16NO.C5H5.Fe/c12-9-5-1-2-8-11(13)10-6-3-4-7-10;1-2-4-5-3-1;/h3-4,6-7H,1-2,5,8-9,12H2;1-5H;/q2*-1;+2. The summed E-state index contributed by atoms with van der Waals surface area (Å²) in [7, 11) is 0. The van der Waals surface area contributed by atoms with E-state index in [1.54, 1.807) is 0 Å². The molecule has 0 aliphatic heterocycles. The van der Waals surface area contributed by atoms with E-state index in [0.29, 0.717) is 6.42 Å². The monoisotopic (exact) mass is 299 g/mol. The first-order valence-corrected chi connectivity index (χ1v) is 6.46. The molecule has 0 aromatic heterocycles. The Balaban J connectivity index is 0.000000454. The first-order chi connectivity index (χ1) is 8.84. The molecular weight excluding hydrogens is 278 g/mol. The fourth-order valence-electron chi connectivity index (χ4n) is 1.63. The van der Waals surface area contributed by atoms with Gasteiger partial charge in [0.05, 0.1) is 0 Å². The predicted molar refractivity (Wildman–Crippen MR) is 75.9 cm³/mol. The Hall–Kier alpha value is -1.15. The van der Waals surface area contributed by atoms with E-state index in [4.69, 9.17) is 5.73 Å². The average Bonchev–Trinajstić information content (AvgIpc) is 3.09. The number of rotatable bonds is 6. The van der Waals surface area contributed by atoms with Gasteiger partial charge in [-0.25, -0.2) is 24.3 Å². The van der Waals surface area contributed by atoms with Gasteiger partial charge in [-0.1, -0.05) is 12.0 Å². The van der Waals surface area contributed by atoms with Crippen LogP contribution in [0.1, 0.15) is 36.0 Å². The molecule has 19 heavy (non-hydrogen) atoms. The van der Waals surface area contributed by atoms with Gasteiger partial charge in [-0.15, -0.1) is 0 Å². The molecular formula is C16H21FeNO. The topological polar surface area (TPSA) is 43.1 Å². The van der Waals surface area contributed by atoms with Crippen molar-refractivity contribution in [2.24, 2.45) is 5.73 Å². The first-order valence-electron chi connectivity index (χ1n) is 6.46.